The molecule has 84 valence electrons. The van der Waals surface area contributed by atoms with Crippen molar-refractivity contribution in [2.75, 3.05) is 0 Å². The Morgan fingerprint density at radius 3 is 3.00 bits per heavy atom. The molecule has 1 N–H and O–H groups in total. The van der Waals surface area contributed by atoms with Crippen molar-refractivity contribution in [3.63, 3.8) is 0 Å². The van der Waals surface area contributed by atoms with Crippen LogP contribution in [-0.4, -0.2) is 15.2 Å². The number of alkyl halides is 1. The number of aromatic amines is 1. The number of pyridine rings is 1. The fraction of sp³-hybridized carbons (Fsp3) is 0.300. The van der Waals surface area contributed by atoms with E-state index in [0.717, 1.165) is 16.4 Å². The highest BCUT2D eigenvalue weighted by Gasteiger charge is 2.12. The number of hydrogen-bond acceptors (Lipinski definition) is 4. The average molecular weight is 300 g/mol. The molecule has 2 aromatic rings. The van der Waals surface area contributed by atoms with E-state index in [9.17, 15) is 4.79 Å². The summed E-state index contributed by atoms with van der Waals surface area (Å²) >= 11 is 5.01. The van der Waals surface area contributed by atoms with Gasteiger partial charge in [0.15, 0.2) is 5.01 Å². The van der Waals surface area contributed by atoms with Gasteiger partial charge < -0.3 is 4.98 Å². The van der Waals surface area contributed by atoms with E-state index < -0.39 is 0 Å². The maximum absolute atomic E-state index is 11.2. The van der Waals surface area contributed by atoms with Crippen molar-refractivity contribution in [1.29, 1.82) is 0 Å². The normalized spacial score (nSPS) is 12.6. The molecule has 4 nitrogen and oxygen atoms in total. The second-order valence-corrected chi connectivity index (χ2v) is 5.36. The fourth-order valence-corrected chi connectivity index (χ4v) is 2.47. The smallest absolute Gasteiger partial charge is 0.248 e. The first kappa shape index (κ1) is 11.5. The second-order valence-electron chi connectivity index (χ2n) is 3.25. The topological polar surface area (TPSA) is 58.6 Å². The van der Waals surface area contributed by atoms with Crippen LogP contribution in [0, 0.1) is 0 Å². The predicted octanol–water partition coefficient (Wildman–Crippen LogP) is 2.74. The van der Waals surface area contributed by atoms with Crippen LogP contribution in [0.1, 0.15) is 23.2 Å². The van der Waals surface area contributed by atoms with Crippen molar-refractivity contribution in [2.45, 2.75) is 18.2 Å². The van der Waals surface area contributed by atoms with Gasteiger partial charge in [-0.3, -0.25) is 4.79 Å². The summed E-state index contributed by atoms with van der Waals surface area (Å²) in [4.78, 5) is 14.1. The van der Waals surface area contributed by atoms with Gasteiger partial charge in [-0.2, -0.15) is 0 Å². The van der Waals surface area contributed by atoms with Crippen LogP contribution in [0.4, 0.5) is 0 Å². The van der Waals surface area contributed by atoms with Gasteiger partial charge in [-0.1, -0.05) is 40.3 Å². The molecule has 1 atom stereocenters. The number of nitrogens with one attached hydrogen (secondary N) is 1. The standard InChI is InChI=1S/C10H10BrN3OS/c1-2-6(11)9-13-14-10(16-9)7-4-3-5-8(15)12-7/h3-6H,2H2,1H3,(H,12,15). The molecule has 0 spiro atoms. The van der Waals surface area contributed by atoms with Crippen molar-refractivity contribution in [2.24, 2.45) is 0 Å². The average Bonchev–Trinajstić information content (AvgIpc) is 2.77. The molecule has 2 aromatic heterocycles. The molecule has 2 rings (SSSR count). The molecule has 0 aromatic carbocycles. The number of hydrogen-bond donors (Lipinski definition) is 1. The quantitative estimate of drug-likeness (QED) is 0.887. The zero-order chi connectivity index (χ0) is 11.5. The lowest BCUT2D eigenvalue weighted by Gasteiger charge is -1.98. The molecule has 0 aliphatic heterocycles. The first-order valence-electron chi connectivity index (χ1n) is 4.88. The van der Waals surface area contributed by atoms with E-state index in [1.54, 1.807) is 6.07 Å². The molecule has 0 saturated carbocycles. The van der Waals surface area contributed by atoms with Crippen molar-refractivity contribution in [3.8, 4) is 10.7 Å². The monoisotopic (exact) mass is 299 g/mol. The van der Waals surface area contributed by atoms with Crippen LogP contribution >= 0.6 is 27.3 Å². The highest BCUT2D eigenvalue weighted by atomic mass is 79.9. The van der Waals surface area contributed by atoms with Gasteiger partial charge in [-0.15, -0.1) is 10.2 Å². The van der Waals surface area contributed by atoms with Crippen molar-refractivity contribution in [1.82, 2.24) is 15.2 Å². The molecule has 1 unspecified atom stereocenters. The van der Waals surface area contributed by atoms with Crippen LogP contribution in [0.2, 0.25) is 0 Å². The molecule has 2 heterocycles. The third kappa shape index (κ3) is 2.38. The van der Waals surface area contributed by atoms with Crippen molar-refractivity contribution < 1.29 is 0 Å². The van der Waals surface area contributed by atoms with Crippen molar-refractivity contribution in [3.05, 3.63) is 33.6 Å². The zero-order valence-electron chi connectivity index (χ0n) is 8.61. The van der Waals surface area contributed by atoms with Crippen LogP contribution in [0.5, 0.6) is 0 Å². The Hall–Kier alpha value is -1.01. The zero-order valence-corrected chi connectivity index (χ0v) is 11.0. The van der Waals surface area contributed by atoms with Gasteiger partial charge in [0.25, 0.3) is 0 Å². The Bertz CT molecular complexity index is 537. The third-order valence-electron chi connectivity index (χ3n) is 2.07. The third-order valence-corrected chi connectivity index (χ3v) is 4.52. The number of aromatic nitrogens is 3. The van der Waals surface area contributed by atoms with Gasteiger partial charge in [-0.05, 0) is 12.5 Å². The summed E-state index contributed by atoms with van der Waals surface area (Å²) in [5.41, 5.74) is 0.590. The molecule has 0 amide bonds. The summed E-state index contributed by atoms with van der Waals surface area (Å²) < 4.78 is 0. The first-order valence-corrected chi connectivity index (χ1v) is 6.61. The number of rotatable bonds is 3. The lowest BCUT2D eigenvalue weighted by atomic mass is 10.4. The van der Waals surface area contributed by atoms with Gasteiger partial charge in [-0.25, -0.2) is 0 Å². The van der Waals surface area contributed by atoms with Crippen LogP contribution in [0.15, 0.2) is 23.0 Å². The first-order chi connectivity index (χ1) is 7.70. The molecule has 6 heteroatoms. The molecule has 16 heavy (non-hydrogen) atoms. The Balaban J connectivity index is 2.35. The van der Waals surface area contributed by atoms with Gasteiger partial charge in [0.1, 0.15) is 5.01 Å². The molecule has 0 aliphatic carbocycles. The molecule has 0 radical (unpaired) electrons. The largest absolute Gasteiger partial charge is 0.320 e. The van der Waals surface area contributed by atoms with Crippen LogP contribution < -0.4 is 5.56 Å². The van der Waals surface area contributed by atoms with E-state index in [2.05, 4.69) is 38.0 Å². The van der Waals surface area contributed by atoms with Gasteiger partial charge in [0.05, 0.1) is 10.5 Å². The maximum atomic E-state index is 11.2. The minimum absolute atomic E-state index is 0.125. The van der Waals surface area contributed by atoms with Gasteiger partial charge in [0, 0.05) is 6.07 Å². The fourth-order valence-electron chi connectivity index (χ4n) is 1.22. The molecule has 0 bridgehead atoms. The highest BCUT2D eigenvalue weighted by molar-refractivity contribution is 9.09. The SMILES string of the molecule is CCC(Br)c1nnc(-c2cccc(=O)[nH]2)s1. The minimum Gasteiger partial charge on any atom is -0.320 e. The van der Waals surface area contributed by atoms with Gasteiger partial charge >= 0.3 is 0 Å². The summed E-state index contributed by atoms with van der Waals surface area (Å²) in [6.07, 6.45) is 0.958. The molecule has 0 fully saturated rings. The Kier molecular flexibility index (Phi) is 3.50. The lowest BCUT2D eigenvalue weighted by molar-refractivity contribution is 0.870. The van der Waals surface area contributed by atoms with E-state index in [1.165, 1.54) is 17.4 Å². The van der Waals surface area contributed by atoms with E-state index in [-0.39, 0.29) is 10.4 Å². The predicted molar refractivity (Wildman–Crippen MR) is 67.9 cm³/mol. The Morgan fingerprint density at radius 2 is 2.31 bits per heavy atom. The van der Waals surface area contributed by atoms with E-state index in [0.29, 0.717) is 5.69 Å². The molecule has 0 saturated heterocycles. The van der Waals surface area contributed by atoms with E-state index in [1.807, 2.05) is 6.07 Å². The van der Waals surface area contributed by atoms with Crippen LogP contribution in [0.25, 0.3) is 10.7 Å². The summed E-state index contributed by atoms with van der Waals surface area (Å²) in [7, 11) is 0. The lowest BCUT2D eigenvalue weighted by Crippen LogP contribution is -2.03. The Labute approximate surface area is 105 Å². The number of H-pyrrole nitrogens is 1. The number of nitrogens with zero attached hydrogens (tertiary/aromatic N) is 2. The number of halogens is 1. The van der Waals surface area contributed by atoms with Crippen LogP contribution in [0.3, 0.4) is 0 Å². The summed E-state index contributed by atoms with van der Waals surface area (Å²) in [6.45, 7) is 2.07. The molecular weight excluding hydrogens is 290 g/mol. The Morgan fingerprint density at radius 1 is 1.50 bits per heavy atom. The van der Waals surface area contributed by atoms with E-state index in [4.69, 9.17) is 0 Å². The highest BCUT2D eigenvalue weighted by Crippen LogP contribution is 2.31. The second kappa shape index (κ2) is 4.88. The summed E-state index contributed by atoms with van der Waals surface area (Å²) in [5, 5.41) is 9.83. The molecule has 0 aliphatic rings. The minimum atomic E-state index is -0.125. The maximum Gasteiger partial charge on any atom is 0.248 e. The van der Waals surface area contributed by atoms with Gasteiger partial charge in [0.2, 0.25) is 5.56 Å². The van der Waals surface area contributed by atoms with Crippen molar-refractivity contribution >= 4 is 27.3 Å². The van der Waals surface area contributed by atoms with Crippen LogP contribution in [-0.2, 0) is 0 Å². The molecular formula is C10H10BrN3OS. The summed E-state index contributed by atoms with van der Waals surface area (Å²) in [5.74, 6) is 0. The van der Waals surface area contributed by atoms with E-state index >= 15 is 0 Å². The summed E-state index contributed by atoms with van der Waals surface area (Å²) in [6, 6.07) is 5.01.